The zero-order valence-electron chi connectivity index (χ0n) is 25.9. The van der Waals surface area contributed by atoms with E-state index in [9.17, 15) is 10.2 Å². The van der Waals surface area contributed by atoms with Gasteiger partial charge in [-0.2, -0.15) is 0 Å². The molecule has 1 rings (SSSR count). The van der Waals surface area contributed by atoms with Gasteiger partial charge < -0.3 is 43.7 Å². The van der Waals surface area contributed by atoms with Crippen LogP contribution in [-0.4, -0.2) is 112 Å². The van der Waals surface area contributed by atoms with E-state index in [1.165, 1.54) is 83.5 Å². The van der Waals surface area contributed by atoms with Crippen LogP contribution in [0.15, 0.2) is 12.2 Å². The molecule has 41 heavy (non-hydrogen) atoms. The number of hydrogen-bond donors (Lipinski definition) is 3. The highest BCUT2D eigenvalue weighted by Crippen LogP contribution is 2.25. The lowest BCUT2D eigenvalue weighted by Gasteiger charge is -2.29. The van der Waals surface area contributed by atoms with Crippen LogP contribution < -0.4 is 0 Å². The Balaban J connectivity index is 2.06. The minimum Gasteiger partial charge on any atom is -0.394 e. The van der Waals surface area contributed by atoms with Gasteiger partial charge >= 0.3 is 0 Å². The second-order valence-electron chi connectivity index (χ2n) is 10.7. The van der Waals surface area contributed by atoms with Crippen molar-refractivity contribution in [1.29, 1.82) is 0 Å². The minimum atomic E-state index is -0.473. The van der Waals surface area contributed by atoms with Crippen LogP contribution in [0.2, 0.25) is 0 Å². The fourth-order valence-electron chi connectivity index (χ4n) is 4.98. The normalized spacial score (nSPS) is 20.0. The Labute approximate surface area is 249 Å². The third kappa shape index (κ3) is 20.8. The summed E-state index contributed by atoms with van der Waals surface area (Å²) in [6.07, 6.45) is 21.1. The Bertz CT molecular complexity index is 563. The van der Waals surface area contributed by atoms with Gasteiger partial charge in [-0.25, -0.2) is 0 Å². The monoisotopic (exact) mass is 590 g/mol. The summed E-state index contributed by atoms with van der Waals surface area (Å²) < 4.78 is 34.6. The van der Waals surface area contributed by atoms with E-state index in [-0.39, 0.29) is 52.4 Å². The lowest BCUT2D eigenvalue weighted by Crippen LogP contribution is -2.45. The van der Waals surface area contributed by atoms with E-state index >= 15 is 0 Å². The standard InChI is InChI=1S/C32H62O9/c1-2-3-4-5-6-7-8-9-10-11-12-13-14-15-16-17-21-36-25-26-37-27-29(38-22-18-33)32-31(40-24-20-35)30(28-41-32)39-23-19-34/h9-10,29-35H,2-8,11-28H2,1H3/b10-9-/t29?,30-,31+,32-/m1/s1. The first kappa shape index (κ1) is 38.4. The van der Waals surface area contributed by atoms with Crippen LogP contribution in [0.3, 0.4) is 0 Å². The third-order valence-corrected chi connectivity index (χ3v) is 7.21. The molecule has 1 aliphatic heterocycles. The molecule has 1 fully saturated rings. The minimum absolute atomic E-state index is 0.0985. The quantitative estimate of drug-likeness (QED) is 0.0788. The fourth-order valence-corrected chi connectivity index (χ4v) is 4.98. The van der Waals surface area contributed by atoms with Crippen molar-refractivity contribution in [3.8, 4) is 0 Å². The van der Waals surface area contributed by atoms with E-state index in [2.05, 4.69) is 19.1 Å². The summed E-state index contributed by atoms with van der Waals surface area (Å²) in [7, 11) is 0. The van der Waals surface area contributed by atoms with E-state index in [0.29, 0.717) is 19.8 Å². The van der Waals surface area contributed by atoms with Gasteiger partial charge in [0.05, 0.1) is 66.1 Å². The van der Waals surface area contributed by atoms with Crippen molar-refractivity contribution >= 4 is 0 Å². The zero-order chi connectivity index (χ0) is 29.6. The largest absolute Gasteiger partial charge is 0.394 e. The number of aliphatic hydroxyl groups excluding tert-OH is 3. The summed E-state index contributed by atoms with van der Waals surface area (Å²) in [5.41, 5.74) is 0. The van der Waals surface area contributed by atoms with Crippen molar-refractivity contribution in [3.63, 3.8) is 0 Å². The van der Waals surface area contributed by atoms with Gasteiger partial charge in [-0.05, 0) is 32.1 Å². The molecule has 0 saturated carbocycles. The van der Waals surface area contributed by atoms with E-state index < -0.39 is 18.3 Å². The van der Waals surface area contributed by atoms with Crippen LogP contribution >= 0.6 is 0 Å². The van der Waals surface area contributed by atoms with Crippen LogP contribution in [0, 0.1) is 0 Å². The summed E-state index contributed by atoms with van der Waals surface area (Å²) in [4.78, 5) is 0. The molecule has 0 aromatic rings. The molecule has 3 N–H and O–H groups in total. The topological polar surface area (TPSA) is 116 Å². The maximum atomic E-state index is 9.23. The molecule has 1 saturated heterocycles. The van der Waals surface area contributed by atoms with Crippen molar-refractivity contribution in [2.24, 2.45) is 0 Å². The highest BCUT2D eigenvalue weighted by Gasteiger charge is 2.44. The molecule has 9 nitrogen and oxygen atoms in total. The van der Waals surface area contributed by atoms with Gasteiger partial charge in [0.15, 0.2) is 0 Å². The molecule has 0 radical (unpaired) electrons. The summed E-state index contributed by atoms with van der Waals surface area (Å²) in [6.45, 7) is 4.62. The molecule has 244 valence electrons. The Kier molecular flexibility index (Phi) is 27.6. The molecule has 0 aliphatic carbocycles. The molecule has 0 spiro atoms. The molecule has 0 aromatic heterocycles. The first-order chi connectivity index (χ1) is 20.3. The van der Waals surface area contributed by atoms with E-state index in [0.717, 1.165) is 13.0 Å². The van der Waals surface area contributed by atoms with Crippen LogP contribution in [0.1, 0.15) is 96.8 Å². The molecule has 1 heterocycles. The van der Waals surface area contributed by atoms with Crippen molar-refractivity contribution in [2.45, 2.75) is 121 Å². The number of hydrogen-bond acceptors (Lipinski definition) is 9. The molecule has 0 aromatic carbocycles. The Morgan fingerprint density at radius 1 is 0.659 bits per heavy atom. The lowest BCUT2D eigenvalue weighted by atomic mass is 10.1. The van der Waals surface area contributed by atoms with Gasteiger partial charge in [-0.15, -0.1) is 0 Å². The van der Waals surface area contributed by atoms with E-state index in [4.69, 9.17) is 33.5 Å². The molecule has 0 amide bonds. The average Bonchev–Trinajstić information content (AvgIpc) is 3.39. The number of allylic oxidation sites excluding steroid dienone is 2. The molecule has 1 unspecified atom stereocenters. The Morgan fingerprint density at radius 2 is 1.24 bits per heavy atom. The Hall–Kier alpha value is -0.620. The average molecular weight is 591 g/mol. The Morgan fingerprint density at radius 3 is 1.90 bits per heavy atom. The second kappa shape index (κ2) is 29.5. The zero-order valence-corrected chi connectivity index (χ0v) is 25.9. The van der Waals surface area contributed by atoms with Crippen LogP contribution in [0.4, 0.5) is 0 Å². The maximum Gasteiger partial charge on any atom is 0.115 e. The van der Waals surface area contributed by atoms with E-state index in [1.807, 2.05) is 0 Å². The maximum absolute atomic E-state index is 9.23. The second-order valence-corrected chi connectivity index (χ2v) is 10.7. The van der Waals surface area contributed by atoms with Crippen molar-refractivity contribution in [1.82, 2.24) is 0 Å². The predicted octanol–water partition coefficient (Wildman–Crippen LogP) is 4.59. The lowest BCUT2D eigenvalue weighted by molar-refractivity contribution is -0.136. The van der Waals surface area contributed by atoms with Crippen molar-refractivity contribution in [3.05, 3.63) is 12.2 Å². The van der Waals surface area contributed by atoms with E-state index in [1.54, 1.807) is 0 Å². The smallest absolute Gasteiger partial charge is 0.115 e. The van der Waals surface area contributed by atoms with Crippen LogP contribution in [-0.2, 0) is 28.4 Å². The molecule has 9 heteroatoms. The molecule has 1 aliphatic rings. The summed E-state index contributed by atoms with van der Waals surface area (Å²) in [6, 6.07) is 0. The van der Waals surface area contributed by atoms with Gasteiger partial charge in [0.25, 0.3) is 0 Å². The SMILES string of the molecule is CCCCCCCC/C=C\CCCCCCCCOCCOCC(OCCO)[C@H]1OC[C@@H](OCCO)[C@@H]1OCCO. The predicted molar refractivity (Wildman–Crippen MR) is 161 cm³/mol. The number of unbranched alkanes of at least 4 members (excludes halogenated alkanes) is 12. The highest BCUT2D eigenvalue weighted by atomic mass is 16.6. The van der Waals surface area contributed by atoms with Crippen molar-refractivity contribution < 1.29 is 43.7 Å². The first-order valence-corrected chi connectivity index (χ1v) is 16.4. The molecular weight excluding hydrogens is 528 g/mol. The van der Waals surface area contributed by atoms with Crippen molar-refractivity contribution in [2.75, 3.05) is 72.7 Å². The van der Waals surface area contributed by atoms with Gasteiger partial charge in [-0.1, -0.05) is 76.9 Å². The molecule has 4 atom stereocenters. The number of rotatable bonds is 31. The molecule has 0 bridgehead atoms. The fraction of sp³-hybridized carbons (Fsp3) is 0.938. The third-order valence-electron chi connectivity index (χ3n) is 7.21. The van der Waals surface area contributed by atoms with Gasteiger partial charge in [0.2, 0.25) is 0 Å². The van der Waals surface area contributed by atoms with Crippen LogP contribution in [0.5, 0.6) is 0 Å². The van der Waals surface area contributed by atoms with Gasteiger partial charge in [-0.3, -0.25) is 0 Å². The summed E-state index contributed by atoms with van der Waals surface area (Å²) >= 11 is 0. The summed E-state index contributed by atoms with van der Waals surface area (Å²) in [5, 5.41) is 27.5. The van der Waals surface area contributed by atoms with Gasteiger partial charge in [0.1, 0.15) is 24.4 Å². The highest BCUT2D eigenvalue weighted by molar-refractivity contribution is 4.91. The van der Waals surface area contributed by atoms with Crippen LogP contribution in [0.25, 0.3) is 0 Å². The number of ether oxygens (including phenoxy) is 6. The first-order valence-electron chi connectivity index (χ1n) is 16.4. The summed E-state index contributed by atoms with van der Waals surface area (Å²) in [5.74, 6) is 0. The number of aliphatic hydroxyl groups is 3. The molecular formula is C32H62O9. The van der Waals surface area contributed by atoms with Gasteiger partial charge in [0, 0.05) is 6.61 Å².